The van der Waals surface area contributed by atoms with Crippen molar-refractivity contribution < 1.29 is 0 Å². The zero-order valence-electron chi connectivity index (χ0n) is 26.4. The third kappa shape index (κ3) is 3.24. The van der Waals surface area contributed by atoms with Gasteiger partial charge in [-0.25, -0.2) is 0 Å². The molecule has 12 rings (SSSR count). The van der Waals surface area contributed by atoms with Crippen molar-refractivity contribution >= 4 is 76.8 Å². The van der Waals surface area contributed by atoms with Crippen LogP contribution in [0.1, 0.15) is 17.8 Å². The van der Waals surface area contributed by atoms with E-state index in [1.165, 1.54) is 76.7 Å². The standard InChI is InChI=1S/C44H29N5/c1-2-11-26(12-3-1)47-37-19-8-4-13-28(37)30-22-21-27(23-39(30)47)48-38-20-9-5-14-29(38)33-24-34-31-15-10-16-32-42-44(46-36-18-7-6-17-35(36)45-42)49(43(31)32)41(34)25-40(33)48/h1-25,42,44-46H. The van der Waals surface area contributed by atoms with Gasteiger partial charge in [0, 0.05) is 49.3 Å². The summed E-state index contributed by atoms with van der Waals surface area (Å²) in [5.74, 6) is 0. The number of rotatable bonds is 2. The molecule has 0 radical (unpaired) electrons. The van der Waals surface area contributed by atoms with E-state index >= 15 is 0 Å². The van der Waals surface area contributed by atoms with Crippen molar-refractivity contribution in [3.63, 3.8) is 0 Å². The van der Waals surface area contributed by atoms with E-state index in [1.54, 1.807) is 0 Å². The van der Waals surface area contributed by atoms with Crippen LogP contribution in [-0.2, 0) is 0 Å². The van der Waals surface area contributed by atoms with Gasteiger partial charge in [0.15, 0.2) is 0 Å². The van der Waals surface area contributed by atoms with Crippen LogP contribution in [0.3, 0.4) is 0 Å². The lowest BCUT2D eigenvalue weighted by molar-refractivity contribution is 0.540. The Morgan fingerprint density at radius 2 is 1.00 bits per heavy atom. The molecule has 0 saturated heterocycles. The fraction of sp³-hybridized carbons (Fsp3) is 0.0455. The van der Waals surface area contributed by atoms with Gasteiger partial charge in [0.25, 0.3) is 0 Å². The Morgan fingerprint density at radius 1 is 0.388 bits per heavy atom. The van der Waals surface area contributed by atoms with Gasteiger partial charge in [-0.1, -0.05) is 91.0 Å². The Kier molecular flexibility index (Phi) is 4.76. The number of benzene rings is 7. The van der Waals surface area contributed by atoms with Gasteiger partial charge in [-0.3, -0.25) is 0 Å². The number of para-hydroxylation sites is 6. The summed E-state index contributed by atoms with van der Waals surface area (Å²) >= 11 is 0. The second kappa shape index (κ2) is 9.12. The normalized spacial score (nSPS) is 16.5. The van der Waals surface area contributed by atoms with Gasteiger partial charge >= 0.3 is 0 Å². The number of nitrogens with one attached hydrogen (secondary N) is 2. The summed E-state index contributed by atoms with van der Waals surface area (Å²) in [6, 6.07) is 55.7. The predicted octanol–water partition coefficient (Wildman–Crippen LogP) is 11.1. The Bertz CT molecular complexity index is 3010. The molecule has 49 heavy (non-hydrogen) atoms. The molecular weight excluding hydrogens is 599 g/mol. The third-order valence-electron chi connectivity index (χ3n) is 11.0. The zero-order chi connectivity index (χ0) is 31.8. The van der Waals surface area contributed by atoms with E-state index in [2.05, 4.69) is 176 Å². The number of anilines is 2. The molecule has 5 heteroatoms. The maximum atomic E-state index is 3.91. The molecule has 10 aromatic rings. The van der Waals surface area contributed by atoms with Gasteiger partial charge in [0.05, 0.1) is 50.5 Å². The van der Waals surface area contributed by atoms with Gasteiger partial charge in [-0.2, -0.15) is 0 Å². The van der Waals surface area contributed by atoms with E-state index in [0.717, 1.165) is 17.1 Å². The molecule has 0 aliphatic carbocycles. The van der Waals surface area contributed by atoms with Crippen molar-refractivity contribution in [1.29, 1.82) is 0 Å². The highest BCUT2D eigenvalue weighted by Gasteiger charge is 2.39. The van der Waals surface area contributed by atoms with Crippen LogP contribution in [-0.4, -0.2) is 13.7 Å². The largest absolute Gasteiger partial charge is 0.373 e. The lowest BCUT2D eigenvalue weighted by atomic mass is 10.00. The monoisotopic (exact) mass is 627 g/mol. The predicted molar refractivity (Wildman–Crippen MR) is 204 cm³/mol. The first kappa shape index (κ1) is 25.6. The minimum atomic E-state index is 0.0699. The second-order valence-electron chi connectivity index (χ2n) is 13.5. The van der Waals surface area contributed by atoms with Crippen LogP contribution in [0.25, 0.3) is 76.8 Å². The average Bonchev–Trinajstić information content (AvgIpc) is 3.87. The number of nitrogens with zero attached hydrogens (tertiary/aromatic N) is 3. The first-order chi connectivity index (χ1) is 24.3. The fourth-order valence-electron chi connectivity index (χ4n) is 9.04. The van der Waals surface area contributed by atoms with Crippen molar-refractivity contribution in [3.05, 3.63) is 157 Å². The molecule has 0 amide bonds. The summed E-state index contributed by atoms with van der Waals surface area (Å²) in [4.78, 5) is 0. The van der Waals surface area contributed by atoms with Crippen LogP contribution in [0, 0.1) is 0 Å². The summed E-state index contributed by atoms with van der Waals surface area (Å²) in [5.41, 5.74) is 13.4. The molecule has 5 heterocycles. The molecule has 3 aromatic heterocycles. The van der Waals surface area contributed by atoms with E-state index in [1.807, 2.05) is 0 Å². The Balaban J connectivity index is 1.16. The molecule has 2 N–H and O–H groups in total. The molecule has 2 aliphatic heterocycles. The van der Waals surface area contributed by atoms with Gasteiger partial charge in [-0.05, 0) is 60.7 Å². The molecule has 2 aliphatic rings. The lowest BCUT2D eigenvalue weighted by Crippen LogP contribution is -2.29. The minimum absolute atomic E-state index is 0.0699. The summed E-state index contributed by atoms with van der Waals surface area (Å²) in [5, 5.41) is 15.4. The van der Waals surface area contributed by atoms with Crippen LogP contribution in [0.2, 0.25) is 0 Å². The molecule has 7 aromatic carbocycles. The van der Waals surface area contributed by atoms with Gasteiger partial charge in [0.2, 0.25) is 0 Å². The van der Waals surface area contributed by atoms with Crippen LogP contribution in [0.5, 0.6) is 0 Å². The summed E-state index contributed by atoms with van der Waals surface area (Å²) < 4.78 is 7.42. The first-order valence-electron chi connectivity index (χ1n) is 17.0. The van der Waals surface area contributed by atoms with E-state index in [-0.39, 0.29) is 12.2 Å². The number of hydrogen-bond donors (Lipinski definition) is 2. The summed E-state index contributed by atoms with van der Waals surface area (Å²) in [6.07, 6.45) is 0.0699. The van der Waals surface area contributed by atoms with Crippen molar-refractivity contribution in [3.8, 4) is 11.4 Å². The third-order valence-corrected chi connectivity index (χ3v) is 11.0. The molecule has 5 nitrogen and oxygen atoms in total. The Morgan fingerprint density at radius 3 is 1.82 bits per heavy atom. The highest BCUT2D eigenvalue weighted by Crippen LogP contribution is 2.51. The van der Waals surface area contributed by atoms with Crippen LogP contribution < -0.4 is 10.6 Å². The van der Waals surface area contributed by atoms with Crippen LogP contribution in [0.4, 0.5) is 11.4 Å². The van der Waals surface area contributed by atoms with E-state index < -0.39 is 0 Å². The topological polar surface area (TPSA) is 38.9 Å². The van der Waals surface area contributed by atoms with Crippen molar-refractivity contribution in [1.82, 2.24) is 13.7 Å². The van der Waals surface area contributed by atoms with E-state index in [4.69, 9.17) is 0 Å². The highest BCUT2D eigenvalue weighted by atomic mass is 15.3. The fourth-order valence-corrected chi connectivity index (χ4v) is 9.04. The second-order valence-corrected chi connectivity index (χ2v) is 13.5. The molecule has 0 bridgehead atoms. The molecule has 2 atom stereocenters. The van der Waals surface area contributed by atoms with Gasteiger partial charge < -0.3 is 24.3 Å². The molecule has 230 valence electrons. The maximum absolute atomic E-state index is 3.91. The number of hydrogen-bond acceptors (Lipinski definition) is 2. The Hall–Kier alpha value is -6.46. The van der Waals surface area contributed by atoms with E-state index in [9.17, 15) is 0 Å². The Labute approximate surface area is 281 Å². The molecule has 0 spiro atoms. The van der Waals surface area contributed by atoms with Crippen molar-refractivity contribution in [2.45, 2.75) is 12.2 Å². The summed E-state index contributed by atoms with van der Waals surface area (Å²) in [7, 11) is 0. The number of aromatic nitrogens is 3. The minimum Gasteiger partial charge on any atom is -0.373 e. The molecule has 0 saturated carbocycles. The zero-order valence-corrected chi connectivity index (χ0v) is 26.4. The van der Waals surface area contributed by atoms with Crippen LogP contribution in [0.15, 0.2) is 152 Å². The highest BCUT2D eigenvalue weighted by molar-refractivity contribution is 6.20. The first-order valence-corrected chi connectivity index (χ1v) is 17.0. The molecule has 2 unspecified atom stereocenters. The quantitative estimate of drug-likeness (QED) is 0.200. The van der Waals surface area contributed by atoms with Gasteiger partial charge in [-0.15, -0.1) is 0 Å². The van der Waals surface area contributed by atoms with E-state index in [0.29, 0.717) is 0 Å². The smallest absolute Gasteiger partial charge is 0.129 e. The summed E-state index contributed by atoms with van der Waals surface area (Å²) in [6.45, 7) is 0. The molecule has 0 fully saturated rings. The lowest BCUT2D eigenvalue weighted by Gasteiger charge is -2.33. The molecular formula is C44H29N5. The van der Waals surface area contributed by atoms with Gasteiger partial charge in [0.1, 0.15) is 6.17 Å². The maximum Gasteiger partial charge on any atom is 0.129 e. The SMILES string of the molecule is c1ccc(-n2c3ccccc3c3ccc(-n4c5ccccc5c5cc6c7cccc8c7n(c6cc54)C4Nc5ccccc5NC84)cc32)cc1. The number of fused-ring (bicyclic) bond motifs is 13. The van der Waals surface area contributed by atoms with Crippen LogP contribution >= 0.6 is 0 Å². The van der Waals surface area contributed by atoms with Crippen molar-refractivity contribution in [2.75, 3.05) is 10.6 Å². The van der Waals surface area contributed by atoms with Crippen molar-refractivity contribution in [2.24, 2.45) is 0 Å². The average molecular weight is 628 g/mol.